The van der Waals surface area contributed by atoms with Gasteiger partial charge in [-0.15, -0.1) is 0 Å². The van der Waals surface area contributed by atoms with Crippen molar-refractivity contribution in [2.24, 2.45) is 5.92 Å². The smallest absolute Gasteiger partial charge is 0.304 e. The third-order valence-electron chi connectivity index (χ3n) is 2.47. The van der Waals surface area contributed by atoms with E-state index >= 15 is 0 Å². The van der Waals surface area contributed by atoms with E-state index in [1.54, 1.807) is 0 Å². The molecule has 1 fully saturated rings. The molecule has 0 unspecified atom stereocenters. The van der Waals surface area contributed by atoms with Gasteiger partial charge in [0.05, 0.1) is 6.42 Å². The summed E-state index contributed by atoms with van der Waals surface area (Å²) in [4.78, 5) is 10.1. The molecule has 3 nitrogen and oxygen atoms in total. The molecule has 1 aliphatic carbocycles. The van der Waals surface area contributed by atoms with Gasteiger partial charge in [-0.05, 0) is 18.9 Å². The first-order valence-corrected chi connectivity index (χ1v) is 4.71. The topological polar surface area (TPSA) is 49.3 Å². The lowest BCUT2D eigenvalue weighted by Crippen LogP contribution is -2.23. The normalized spacial score (nSPS) is 17.3. The highest BCUT2D eigenvalue weighted by Crippen LogP contribution is 2.28. The third-order valence-corrected chi connectivity index (χ3v) is 2.47. The lowest BCUT2D eigenvalue weighted by atomic mass is 9.83. The predicted octanol–water partition coefficient (Wildman–Crippen LogP) is 1.24. The minimum Gasteiger partial charge on any atom is -0.481 e. The molecular weight excluding hydrogens is 154 g/mol. The quantitative estimate of drug-likeness (QED) is 0.591. The number of aliphatic carboxylic acids is 1. The van der Waals surface area contributed by atoms with E-state index in [4.69, 9.17) is 5.11 Å². The molecule has 2 N–H and O–H groups in total. The van der Waals surface area contributed by atoms with Crippen LogP contribution in [0.1, 0.15) is 32.1 Å². The third kappa shape index (κ3) is 3.72. The molecule has 12 heavy (non-hydrogen) atoms. The van der Waals surface area contributed by atoms with Crippen LogP contribution in [0.4, 0.5) is 0 Å². The molecule has 0 aromatic carbocycles. The van der Waals surface area contributed by atoms with E-state index in [2.05, 4.69) is 5.32 Å². The van der Waals surface area contributed by atoms with E-state index in [0.29, 0.717) is 6.54 Å². The fourth-order valence-corrected chi connectivity index (χ4v) is 1.41. The Balaban J connectivity index is 1.79. The van der Waals surface area contributed by atoms with Gasteiger partial charge in [-0.2, -0.15) is 0 Å². The minimum atomic E-state index is -0.717. The molecular formula is C9H17NO2. The molecule has 3 heteroatoms. The van der Waals surface area contributed by atoms with Gasteiger partial charge in [0, 0.05) is 6.54 Å². The van der Waals surface area contributed by atoms with Gasteiger partial charge in [-0.3, -0.25) is 4.79 Å². The number of carboxylic acid groups (broad SMARTS) is 1. The van der Waals surface area contributed by atoms with Crippen LogP contribution >= 0.6 is 0 Å². The van der Waals surface area contributed by atoms with Crippen molar-refractivity contribution >= 4 is 5.97 Å². The maximum Gasteiger partial charge on any atom is 0.304 e. The average Bonchev–Trinajstić information content (AvgIpc) is 1.92. The second kappa shape index (κ2) is 5.14. The lowest BCUT2D eigenvalue weighted by Gasteiger charge is -2.25. The Morgan fingerprint density at radius 1 is 1.42 bits per heavy atom. The molecule has 0 amide bonds. The second-order valence-electron chi connectivity index (χ2n) is 3.48. The fourth-order valence-electron chi connectivity index (χ4n) is 1.41. The Morgan fingerprint density at radius 2 is 2.17 bits per heavy atom. The van der Waals surface area contributed by atoms with E-state index in [1.807, 2.05) is 0 Å². The van der Waals surface area contributed by atoms with Crippen LogP contribution in [0.3, 0.4) is 0 Å². The monoisotopic (exact) mass is 171 g/mol. The van der Waals surface area contributed by atoms with Crippen LogP contribution in [0.2, 0.25) is 0 Å². The van der Waals surface area contributed by atoms with Gasteiger partial charge < -0.3 is 10.4 Å². The number of hydrogen-bond donors (Lipinski definition) is 2. The number of rotatable bonds is 6. The summed E-state index contributed by atoms with van der Waals surface area (Å²) in [5.41, 5.74) is 0. The first kappa shape index (κ1) is 9.52. The summed E-state index contributed by atoms with van der Waals surface area (Å²) in [6, 6.07) is 0. The summed E-state index contributed by atoms with van der Waals surface area (Å²) >= 11 is 0. The Morgan fingerprint density at radius 3 is 2.67 bits per heavy atom. The molecule has 0 heterocycles. The molecule has 0 atom stereocenters. The zero-order chi connectivity index (χ0) is 8.81. The van der Waals surface area contributed by atoms with Crippen molar-refractivity contribution in [1.29, 1.82) is 0 Å². The van der Waals surface area contributed by atoms with E-state index in [-0.39, 0.29) is 6.42 Å². The molecule has 0 aromatic rings. The second-order valence-corrected chi connectivity index (χ2v) is 3.48. The van der Waals surface area contributed by atoms with E-state index in [0.717, 1.165) is 12.5 Å². The number of hydrogen-bond acceptors (Lipinski definition) is 2. The summed E-state index contributed by atoms with van der Waals surface area (Å²) in [5.74, 6) is 0.202. The zero-order valence-electron chi connectivity index (χ0n) is 7.38. The highest BCUT2D eigenvalue weighted by molar-refractivity contribution is 5.66. The largest absolute Gasteiger partial charge is 0.481 e. The number of carboxylic acids is 1. The number of nitrogens with one attached hydrogen (secondary N) is 1. The Bertz CT molecular complexity index is 143. The van der Waals surface area contributed by atoms with Gasteiger partial charge >= 0.3 is 5.97 Å². The zero-order valence-corrected chi connectivity index (χ0v) is 7.38. The molecule has 0 bridgehead atoms. The predicted molar refractivity (Wildman–Crippen MR) is 47.1 cm³/mol. The minimum absolute atomic E-state index is 0.241. The van der Waals surface area contributed by atoms with Crippen molar-refractivity contribution in [2.45, 2.75) is 32.1 Å². The van der Waals surface area contributed by atoms with E-state index < -0.39 is 5.97 Å². The van der Waals surface area contributed by atoms with Gasteiger partial charge in [-0.1, -0.05) is 19.3 Å². The number of carbonyl (C=O) groups is 1. The van der Waals surface area contributed by atoms with Crippen LogP contribution in [0.15, 0.2) is 0 Å². The summed E-state index contributed by atoms with van der Waals surface area (Å²) < 4.78 is 0. The standard InChI is InChI=1S/C9H17NO2/c11-9(12)5-7-10-6-4-8-2-1-3-8/h8,10H,1-7H2,(H,11,12). The molecule has 1 saturated carbocycles. The van der Waals surface area contributed by atoms with Gasteiger partial charge in [0.2, 0.25) is 0 Å². The molecule has 0 spiro atoms. The van der Waals surface area contributed by atoms with Crippen molar-refractivity contribution in [1.82, 2.24) is 5.32 Å². The molecule has 0 radical (unpaired) electrons. The van der Waals surface area contributed by atoms with Crippen molar-refractivity contribution in [3.05, 3.63) is 0 Å². The maximum atomic E-state index is 10.1. The first-order chi connectivity index (χ1) is 5.79. The SMILES string of the molecule is O=C(O)CCNCCC1CCC1. The summed E-state index contributed by atoms with van der Waals surface area (Å²) in [5, 5.41) is 11.5. The van der Waals surface area contributed by atoms with Gasteiger partial charge in [0.25, 0.3) is 0 Å². The van der Waals surface area contributed by atoms with Crippen LogP contribution in [0.25, 0.3) is 0 Å². The van der Waals surface area contributed by atoms with Gasteiger partial charge in [-0.25, -0.2) is 0 Å². The van der Waals surface area contributed by atoms with Crippen molar-refractivity contribution in [3.8, 4) is 0 Å². The molecule has 1 rings (SSSR count). The van der Waals surface area contributed by atoms with Crippen molar-refractivity contribution in [3.63, 3.8) is 0 Å². The summed E-state index contributed by atoms with van der Waals surface area (Å²) in [6.07, 6.45) is 5.60. The van der Waals surface area contributed by atoms with Crippen LogP contribution in [0.5, 0.6) is 0 Å². The molecule has 0 saturated heterocycles. The fraction of sp³-hybridized carbons (Fsp3) is 0.889. The molecule has 0 aliphatic heterocycles. The van der Waals surface area contributed by atoms with Crippen LogP contribution in [-0.4, -0.2) is 24.2 Å². The summed E-state index contributed by atoms with van der Waals surface area (Å²) in [7, 11) is 0. The Hall–Kier alpha value is -0.570. The van der Waals surface area contributed by atoms with E-state index in [9.17, 15) is 4.79 Å². The molecule has 1 aliphatic rings. The van der Waals surface area contributed by atoms with Crippen molar-refractivity contribution < 1.29 is 9.90 Å². The van der Waals surface area contributed by atoms with Gasteiger partial charge in [0.15, 0.2) is 0 Å². The highest BCUT2D eigenvalue weighted by atomic mass is 16.4. The average molecular weight is 171 g/mol. The van der Waals surface area contributed by atoms with E-state index in [1.165, 1.54) is 25.7 Å². The van der Waals surface area contributed by atoms with Gasteiger partial charge in [0.1, 0.15) is 0 Å². The van der Waals surface area contributed by atoms with Crippen LogP contribution in [0, 0.1) is 5.92 Å². The van der Waals surface area contributed by atoms with Crippen LogP contribution < -0.4 is 5.32 Å². The Labute approximate surface area is 73.2 Å². The van der Waals surface area contributed by atoms with Crippen LogP contribution in [-0.2, 0) is 4.79 Å². The summed E-state index contributed by atoms with van der Waals surface area (Å²) in [6.45, 7) is 1.60. The molecule has 0 aromatic heterocycles. The van der Waals surface area contributed by atoms with Crippen molar-refractivity contribution in [2.75, 3.05) is 13.1 Å². The lowest BCUT2D eigenvalue weighted by molar-refractivity contribution is -0.136. The maximum absolute atomic E-state index is 10.1. The Kier molecular flexibility index (Phi) is 4.08. The highest BCUT2D eigenvalue weighted by Gasteiger charge is 2.15. The first-order valence-electron chi connectivity index (χ1n) is 4.71. The molecule has 70 valence electrons.